The van der Waals surface area contributed by atoms with Gasteiger partial charge in [0.2, 0.25) is 0 Å². The van der Waals surface area contributed by atoms with Gasteiger partial charge in [-0.15, -0.1) is 0 Å². The Morgan fingerprint density at radius 3 is 2.34 bits per heavy atom. The third-order valence-corrected chi connectivity index (χ3v) is 5.94. The third kappa shape index (κ3) is 5.82. The predicted octanol–water partition coefficient (Wildman–Crippen LogP) is 7.16. The smallest absolute Gasteiger partial charge is 0.334 e. The summed E-state index contributed by atoms with van der Waals surface area (Å²) >= 11 is 0. The molecule has 0 spiro atoms. The van der Waals surface area contributed by atoms with E-state index in [9.17, 15) is 22.8 Å². The summed E-state index contributed by atoms with van der Waals surface area (Å²) in [6.07, 6.45) is -1.28. The van der Waals surface area contributed by atoms with Gasteiger partial charge in [-0.1, -0.05) is 50.1 Å². The van der Waals surface area contributed by atoms with Crippen molar-refractivity contribution < 1.29 is 22.8 Å². The van der Waals surface area contributed by atoms with E-state index in [1.165, 1.54) is 12.1 Å². The zero-order chi connectivity index (χ0) is 25.0. The first-order valence-corrected chi connectivity index (χ1v) is 11.5. The molecule has 0 unspecified atom stereocenters. The molecule has 5 nitrogen and oxygen atoms in total. The molecule has 0 fully saturated rings. The van der Waals surface area contributed by atoms with Gasteiger partial charge in [0.1, 0.15) is 0 Å². The molecule has 3 aromatic rings. The highest BCUT2D eigenvalue weighted by Gasteiger charge is 2.30. The van der Waals surface area contributed by atoms with Gasteiger partial charge in [-0.25, -0.2) is 4.79 Å². The molecule has 0 aliphatic carbocycles. The zero-order valence-electron chi connectivity index (χ0n) is 19.3. The molecule has 0 aromatic heterocycles. The highest BCUT2D eigenvalue weighted by atomic mass is 19.4. The first-order chi connectivity index (χ1) is 16.7. The van der Waals surface area contributed by atoms with Crippen LogP contribution in [0.15, 0.2) is 66.7 Å². The van der Waals surface area contributed by atoms with Crippen molar-refractivity contribution in [2.75, 3.05) is 17.2 Å². The quantitative estimate of drug-likeness (QED) is 0.352. The molecule has 2 N–H and O–H groups in total. The van der Waals surface area contributed by atoms with Gasteiger partial charge in [0.05, 0.1) is 5.56 Å². The Labute approximate surface area is 202 Å². The number of benzene rings is 3. The maximum absolute atomic E-state index is 12.9. The maximum Gasteiger partial charge on any atom is 0.416 e. The fourth-order valence-corrected chi connectivity index (χ4v) is 4.09. The number of anilines is 2. The maximum atomic E-state index is 12.9. The van der Waals surface area contributed by atoms with Gasteiger partial charge in [-0.3, -0.25) is 4.79 Å². The molecule has 0 bridgehead atoms. The van der Waals surface area contributed by atoms with E-state index < -0.39 is 17.8 Å². The van der Waals surface area contributed by atoms with Crippen molar-refractivity contribution in [3.63, 3.8) is 0 Å². The highest BCUT2D eigenvalue weighted by molar-refractivity contribution is 6.00. The number of halogens is 3. The Bertz CT molecular complexity index is 1220. The molecule has 0 saturated carbocycles. The van der Waals surface area contributed by atoms with E-state index in [0.717, 1.165) is 60.2 Å². The Kier molecular flexibility index (Phi) is 7.10. The van der Waals surface area contributed by atoms with Crippen LogP contribution < -0.4 is 10.6 Å². The number of rotatable bonds is 7. The standard InChI is InChI=1S/C27H26F3N3O2/c1-2-3-4-14-33-17-20-9-8-19(15-24(20)25(33)34)18-10-12-22(13-11-18)31-26(35)32-23-7-5-6-21(16-23)27(28,29)30/h5-13,15-16H,2-4,14,17H2,1H3,(H2,31,32,35). The second-order valence-corrected chi connectivity index (χ2v) is 8.54. The molecule has 1 heterocycles. The number of hydrogen-bond acceptors (Lipinski definition) is 2. The predicted molar refractivity (Wildman–Crippen MR) is 130 cm³/mol. The van der Waals surface area contributed by atoms with Crippen molar-refractivity contribution >= 4 is 23.3 Å². The van der Waals surface area contributed by atoms with Crippen LogP contribution in [0.4, 0.5) is 29.3 Å². The summed E-state index contributed by atoms with van der Waals surface area (Å²) in [5.41, 5.74) is 3.22. The van der Waals surface area contributed by atoms with Crippen molar-refractivity contribution in [2.24, 2.45) is 0 Å². The van der Waals surface area contributed by atoms with Crippen LogP contribution in [0, 0.1) is 0 Å². The third-order valence-electron chi connectivity index (χ3n) is 5.94. The zero-order valence-corrected chi connectivity index (χ0v) is 19.3. The van der Waals surface area contributed by atoms with Crippen LogP contribution in [0.25, 0.3) is 11.1 Å². The molecule has 3 aromatic carbocycles. The van der Waals surface area contributed by atoms with E-state index in [1.807, 2.05) is 35.2 Å². The molecule has 0 saturated heterocycles. The topological polar surface area (TPSA) is 61.4 Å². The van der Waals surface area contributed by atoms with Gasteiger partial charge < -0.3 is 15.5 Å². The van der Waals surface area contributed by atoms with Crippen molar-refractivity contribution in [1.82, 2.24) is 4.90 Å². The molecule has 3 amide bonds. The lowest BCUT2D eigenvalue weighted by atomic mass is 10.0. The van der Waals surface area contributed by atoms with E-state index in [1.54, 1.807) is 12.1 Å². The summed E-state index contributed by atoms with van der Waals surface area (Å²) in [4.78, 5) is 26.9. The van der Waals surface area contributed by atoms with Crippen LogP contribution in [-0.4, -0.2) is 23.4 Å². The minimum absolute atomic E-state index is 0.0421. The number of alkyl halides is 3. The van der Waals surface area contributed by atoms with Crippen molar-refractivity contribution in [3.8, 4) is 11.1 Å². The van der Waals surface area contributed by atoms with E-state index in [0.29, 0.717) is 12.2 Å². The monoisotopic (exact) mass is 481 g/mol. The SMILES string of the molecule is CCCCCN1Cc2ccc(-c3ccc(NC(=O)Nc4cccc(C(F)(F)F)c4)cc3)cc2C1=O. The molecule has 0 radical (unpaired) electrons. The fourth-order valence-electron chi connectivity index (χ4n) is 4.09. The summed E-state index contributed by atoms with van der Waals surface area (Å²) in [5.74, 6) is 0.0579. The van der Waals surface area contributed by atoms with Crippen LogP contribution in [0.2, 0.25) is 0 Å². The highest BCUT2D eigenvalue weighted by Crippen LogP contribution is 2.31. The van der Waals surface area contributed by atoms with Crippen LogP contribution >= 0.6 is 0 Å². The van der Waals surface area contributed by atoms with Crippen molar-refractivity contribution in [3.05, 3.63) is 83.4 Å². The second kappa shape index (κ2) is 10.2. The van der Waals surface area contributed by atoms with Crippen LogP contribution in [-0.2, 0) is 12.7 Å². The van der Waals surface area contributed by atoms with Gasteiger partial charge in [0, 0.05) is 30.0 Å². The van der Waals surface area contributed by atoms with Gasteiger partial charge in [0.15, 0.2) is 0 Å². The Balaban J connectivity index is 1.39. The Morgan fingerprint density at radius 1 is 0.914 bits per heavy atom. The minimum atomic E-state index is -4.49. The number of nitrogens with zero attached hydrogens (tertiary/aromatic N) is 1. The number of unbranched alkanes of at least 4 members (excludes halogenated alkanes) is 2. The fraction of sp³-hybridized carbons (Fsp3) is 0.259. The first kappa shape index (κ1) is 24.3. The van der Waals surface area contributed by atoms with E-state index in [-0.39, 0.29) is 11.6 Å². The lowest BCUT2D eigenvalue weighted by Gasteiger charge is -2.14. The molecular weight excluding hydrogens is 455 g/mol. The average Bonchev–Trinajstić information content (AvgIpc) is 3.14. The van der Waals surface area contributed by atoms with Gasteiger partial charge in [-0.2, -0.15) is 13.2 Å². The summed E-state index contributed by atoms with van der Waals surface area (Å²) < 4.78 is 38.6. The van der Waals surface area contributed by atoms with Crippen LogP contribution in [0.5, 0.6) is 0 Å². The average molecular weight is 482 g/mol. The van der Waals surface area contributed by atoms with Crippen LogP contribution in [0.1, 0.15) is 47.7 Å². The molecule has 0 atom stereocenters. The second-order valence-electron chi connectivity index (χ2n) is 8.54. The van der Waals surface area contributed by atoms with Gasteiger partial charge >= 0.3 is 12.2 Å². The summed E-state index contributed by atoms with van der Waals surface area (Å²) in [7, 11) is 0. The number of urea groups is 1. The number of nitrogens with one attached hydrogen (secondary N) is 2. The normalized spacial score (nSPS) is 13.0. The molecule has 4 rings (SSSR count). The number of fused-ring (bicyclic) bond motifs is 1. The number of carbonyl (C=O) groups is 2. The first-order valence-electron chi connectivity index (χ1n) is 11.5. The number of carbonyl (C=O) groups excluding carboxylic acids is 2. The molecular formula is C27H26F3N3O2. The Hall–Kier alpha value is -3.81. The van der Waals surface area contributed by atoms with E-state index in [4.69, 9.17) is 0 Å². The summed E-state index contributed by atoms with van der Waals surface area (Å²) in [5, 5.41) is 5.03. The summed E-state index contributed by atoms with van der Waals surface area (Å²) in [6, 6.07) is 16.7. The lowest BCUT2D eigenvalue weighted by molar-refractivity contribution is -0.137. The van der Waals surface area contributed by atoms with Crippen molar-refractivity contribution in [2.45, 2.75) is 38.9 Å². The summed E-state index contributed by atoms with van der Waals surface area (Å²) in [6.45, 7) is 3.54. The molecule has 182 valence electrons. The van der Waals surface area contributed by atoms with E-state index in [2.05, 4.69) is 17.6 Å². The Morgan fingerprint density at radius 2 is 1.63 bits per heavy atom. The largest absolute Gasteiger partial charge is 0.416 e. The van der Waals surface area contributed by atoms with Gasteiger partial charge in [0.25, 0.3) is 5.91 Å². The van der Waals surface area contributed by atoms with E-state index >= 15 is 0 Å². The van der Waals surface area contributed by atoms with Crippen molar-refractivity contribution in [1.29, 1.82) is 0 Å². The minimum Gasteiger partial charge on any atom is -0.334 e. The van der Waals surface area contributed by atoms with Crippen LogP contribution in [0.3, 0.4) is 0 Å². The number of amides is 3. The van der Waals surface area contributed by atoms with Gasteiger partial charge in [-0.05, 0) is 59.5 Å². The molecule has 1 aliphatic heterocycles. The molecule has 35 heavy (non-hydrogen) atoms. The molecule has 1 aliphatic rings. The number of hydrogen-bond donors (Lipinski definition) is 2. The lowest BCUT2D eigenvalue weighted by Crippen LogP contribution is -2.24. The molecule has 8 heteroatoms.